The van der Waals surface area contributed by atoms with Crippen molar-refractivity contribution in [2.45, 2.75) is 13.3 Å². The van der Waals surface area contributed by atoms with E-state index < -0.39 is 0 Å². The molecule has 0 fully saturated rings. The molecule has 2 N–H and O–H groups in total. The quantitative estimate of drug-likeness (QED) is 0.400. The molecule has 0 saturated carbocycles. The number of rotatable bonds is 8. The highest BCUT2D eigenvalue weighted by Gasteiger charge is 2.19. The minimum Gasteiger partial charge on any atom is -0.497 e. The van der Waals surface area contributed by atoms with Gasteiger partial charge in [0.1, 0.15) is 28.8 Å². The second-order valence-electron chi connectivity index (χ2n) is 7.19. The zero-order valence-corrected chi connectivity index (χ0v) is 18.6. The molecule has 1 amide bonds. The first-order chi connectivity index (χ1) is 15.5. The Morgan fingerprint density at radius 2 is 1.81 bits per heavy atom. The number of carbonyl (C=O) groups is 1. The van der Waals surface area contributed by atoms with E-state index in [1.165, 1.54) is 11.3 Å². The van der Waals surface area contributed by atoms with Crippen molar-refractivity contribution >= 4 is 27.5 Å². The maximum absolute atomic E-state index is 12.7. The van der Waals surface area contributed by atoms with Crippen LogP contribution in [0.25, 0.3) is 10.2 Å². The average molecular weight is 450 g/mol. The number of methoxy groups -OCH3 is 1. The van der Waals surface area contributed by atoms with Gasteiger partial charge in [0.05, 0.1) is 23.9 Å². The number of amides is 1. The number of aryl methyl sites for hydroxylation is 1. The van der Waals surface area contributed by atoms with Crippen molar-refractivity contribution in [2.75, 3.05) is 20.3 Å². The number of hydrogen-bond donors (Lipinski definition) is 2. The fourth-order valence-electron chi connectivity index (χ4n) is 3.36. The fraction of sp³-hybridized carbons (Fsp3) is 0.208. The van der Waals surface area contributed by atoms with Crippen LogP contribution in [-0.4, -0.2) is 36.1 Å². The summed E-state index contributed by atoms with van der Waals surface area (Å²) in [5.74, 6) is 1.78. The van der Waals surface area contributed by atoms with Crippen LogP contribution in [0, 0.1) is 6.92 Å². The van der Waals surface area contributed by atoms with Crippen LogP contribution in [0.4, 0.5) is 0 Å². The summed E-state index contributed by atoms with van der Waals surface area (Å²) in [4.78, 5) is 33.9. The summed E-state index contributed by atoms with van der Waals surface area (Å²) in [5, 5.41) is 3.31. The van der Waals surface area contributed by atoms with Gasteiger partial charge >= 0.3 is 0 Å². The second kappa shape index (κ2) is 9.65. The van der Waals surface area contributed by atoms with E-state index in [-0.39, 0.29) is 11.5 Å². The Bertz CT molecular complexity index is 1280. The molecule has 8 heteroatoms. The van der Waals surface area contributed by atoms with E-state index in [2.05, 4.69) is 15.3 Å². The van der Waals surface area contributed by atoms with Gasteiger partial charge in [-0.2, -0.15) is 0 Å². The van der Waals surface area contributed by atoms with Gasteiger partial charge in [-0.05, 0) is 42.3 Å². The number of H-pyrrole nitrogens is 1. The van der Waals surface area contributed by atoms with E-state index >= 15 is 0 Å². The van der Waals surface area contributed by atoms with E-state index in [9.17, 15) is 9.59 Å². The lowest BCUT2D eigenvalue weighted by Crippen LogP contribution is -2.28. The Morgan fingerprint density at radius 3 is 2.53 bits per heavy atom. The van der Waals surface area contributed by atoms with Crippen LogP contribution in [-0.2, 0) is 6.42 Å². The Hall–Kier alpha value is -3.65. The molecule has 0 aliphatic carbocycles. The standard InChI is InChI=1S/C24H23N3O4S/c1-15-20-22(28)26-19(14-16-6-4-3-5-7-16)27-24(20)32-21(15)23(29)25-12-13-31-18-10-8-17(30-2)9-11-18/h3-11H,12-14H2,1-2H3,(H,25,29)(H,26,27,28). The maximum atomic E-state index is 12.7. The molecule has 2 heterocycles. The summed E-state index contributed by atoms with van der Waals surface area (Å²) < 4.78 is 10.8. The molecular formula is C24H23N3O4S. The lowest BCUT2D eigenvalue weighted by Gasteiger charge is -2.08. The van der Waals surface area contributed by atoms with Crippen molar-refractivity contribution in [3.05, 3.63) is 86.8 Å². The lowest BCUT2D eigenvalue weighted by molar-refractivity contribution is 0.0950. The molecule has 0 aliphatic heterocycles. The summed E-state index contributed by atoms with van der Waals surface area (Å²) >= 11 is 1.23. The van der Waals surface area contributed by atoms with Crippen molar-refractivity contribution in [1.29, 1.82) is 0 Å². The lowest BCUT2D eigenvalue weighted by atomic mass is 10.1. The van der Waals surface area contributed by atoms with Crippen molar-refractivity contribution < 1.29 is 14.3 Å². The van der Waals surface area contributed by atoms with E-state index in [0.717, 1.165) is 11.3 Å². The zero-order valence-electron chi connectivity index (χ0n) is 17.8. The summed E-state index contributed by atoms with van der Waals surface area (Å²) in [6.45, 7) is 2.43. The predicted molar refractivity (Wildman–Crippen MR) is 125 cm³/mol. The number of benzene rings is 2. The third-order valence-electron chi connectivity index (χ3n) is 4.99. The van der Waals surface area contributed by atoms with Gasteiger partial charge in [-0.25, -0.2) is 4.98 Å². The Kier molecular flexibility index (Phi) is 6.51. The average Bonchev–Trinajstić information content (AvgIpc) is 3.14. The highest BCUT2D eigenvalue weighted by Crippen LogP contribution is 2.27. The number of ether oxygens (including phenoxy) is 2. The van der Waals surface area contributed by atoms with Gasteiger partial charge in [0.2, 0.25) is 0 Å². The monoisotopic (exact) mass is 449 g/mol. The van der Waals surface area contributed by atoms with Crippen LogP contribution in [0.2, 0.25) is 0 Å². The Morgan fingerprint density at radius 1 is 1.09 bits per heavy atom. The molecular weight excluding hydrogens is 426 g/mol. The first kappa shape index (κ1) is 21.6. The molecule has 0 atom stereocenters. The Labute approximate surface area is 189 Å². The minimum atomic E-state index is -0.243. The molecule has 4 rings (SSSR count). The van der Waals surface area contributed by atoms with Gasteiger partial charge in [-0.3, -0.25) is 9.59 Å². The van der Waals surface area contributed by atoms with Crippen molar-refractivity contribution in [3.63, 3.8) is 0 Å². The van der Waals surface area contributed by atoms with E-state index in [1.54, 1.807) is 14.0 Å². The maximum Gasteiger partial charge on any atom is 0.261 e. The molecule has 0 unspecified atom stereocenters. The molecule has 164 valence electrons. The minimum absolute atomic E-state index is 0.225. The van der Waals surface area contributed by atoms with Gasteiger partial charge in [-0.1, -0.05) is 30.3 Å². The number of thiophene rings is 1. The van der Waals surface area contributed by atoms with Crippen molar-refractivity contribution in [2.24, 2.45) is 0 Å². The summed E-state index contributed by atoms with van der Waals surface area (Å²) in [6, 6.07) is 17.0. The summed E-state index contributed by atoms with van der Waals surface area (Å²) in [6.07, 6.45) is 0.521. The number of carbonyl (C=O) groups excluding carboxylic acids is 1. The molecule has 32 heavy (non-hydrogen) atoms. The molecule has 4 aromatic rings. The Balaban J connectivity index is 1.42. The van der Waals surface area contributed by atoms with Gasteiger partial charge in [0.15, 0.2) is 0 Å². The summed E-state index contributed by atoms with van der Waals surface area (Å²) in [7, 11) is 1.61. The SMILES string of the molecule is COc1ccc(OCCNC(=O)c2sc3nc(Cc4ccccc4)[nH]c(=O)c3c2C)cc1. The van der Waals surface area contributed by atoms with Gasteiger partial charge in [0.25, 0.3) is 11.5 Å². The number of hydrogen-bond acceptors (Lipinski definition) is 6. The van der Waals surface area contributed by atoms with Crippen LogP contribution in [0.5, 0.6) is 11.5 Å². The molecule has 7 nitrogen and oxygen atoms in total. The number of aromatic nitrogens is 2. The number of fused-ring (bicyclic) bond motifs is 1. The fourth-order valence-corrected chi connectivity index (χ4v) is 4.48. The predicted octanol–water partition coefficient (Wildman–Crippen LogP) is 3.70. The molecule has 2 aromatic carbocycles. The second-order valence-corrected chi connectivity index (χ2v) is 8.19. The van der Waals surface area contributed by atoms with E-state index in [0.29, 0.717) is 51.8 Å². The molecule has 2 aromatic heterocycles. The van der Waals surface area contributed by atoms with E-state index in [1.807, 2.05) is 54.6 Å². The first-order valence-corrected chi connectivity index (χ1v) is 11.0. The van der Waals surface area contributed by atoms with Gasteiger partial charge in [-0.15, -0.1) is 11.3 Å². The van der Waals surface area contributed by atoms with E-state index in [4.69, 9.17) is 9.47 Å². The highest BCUT2D eigenvalue weighted by molar-refractivity contribution is 7.20. The van der Waals surface area contributed by atoms with Crippen LogP contribution in [0.1, 0.15) is 26.6 Å². The zero-order chi connectivity index (χ0) is 22.5. The number of nitrogens with zero attached hydrogens (tertiary/aromatic N) is 1. The van der Waals surface area contributed by atoms with Crippen LogP contribution < -0.4 is 20.3 Å². The van der Waals surface area contributed by atoms with Crippen LogP contribution in [0.15, 0.2) is 59.4 Å². The first-order valence-electron chi connectivity index (χ1n) is 10.2. The molecule has 0 radical (unpaired) electrons. The molecule has 0 saturated heterocycles. The number of nitrogens with one attached hydrogen (secondary N) is 2. The van der Waals surface area contributed by atoms with Crippen molar-refractivity contribution in [1.82, 2.24) is 15.3 Å². The smallest absolute Gasteiger partial charge is 0.261 e. The third-order valence-corrected chi connectivity index (χ3v) is 6.17. The normalized spacial score (nSPS) is 10.8. The molecule has 0 bridgehead atoms. The molecule has 0 aliphatic rings. The third kappa shape index (κ3) is 4.81. The van der Waals surface area contributed by atoms with Gasteiger partial charge in [0, 0.05) is 6.42 Å². The van der Waals surface area contributed by atoms with Crippen LogP contribution in [0.3, 0.4) is 0 Å². The number of aromatic amines is 1. The van der Waals surface area contributed by atoms with Gasteiger partial charge < -0.3 is 19.8 Å². The molecule has 0 spiro atoms. The summed E-state index contributed by atoms with van der Waals surface area (Å²) in [5.41, 5.74) is 1.47. The van der Waals surface area contributed by atoms with Crippen molar-refractivity contribution in [3.8, 4) is 11.5 Å². The largest absolute Gasteiger partial charge is 0.497 e. The van der Waals surface area contributed by atoms with Crippen LogP contribution >= 0.6 is 11.3 Å². The topological polar surface area (TPSA) is 93.3 Å². The highest BCUT2D eigenvalue weighted by atomic mass is 32.1.